The lowest BCUT2D eigenvalue weighted by molar-refractivity contribution is -0.122. The van der Waals surface area contributed by atoms with E-state index >= 15 is 0 Å². The number of amidine groups is 1. The number of thioether (sulfide) groups is 1. The zero-order valence-electron chi connectivity index (χ0n) is 13.0. The summed E-state index contributed by atoms with van der Waals surface area (Å²) in [4.78, 5) is 16.5. The van der Waals surface area contributed by atoms with Gasteiger partial charge in [0.15, 0.2) is 5.17 Å². The minimum Gasteiger partial charge on any atom is -0.359 e. The molecule has 1 aliphatic heterocycles. The van der Waals surface area contributed by atoms with E-state index in [1.165, 1.54) is 25.7 Å². The second kappa shape index (κ2) is 6.37. The van der Waals surface area contributed by atoms with Gasteiger partial charge in [-0.05, 0) is 52.4 Å². The Morgan fingerprint density at radius 2 is 2.05 bits per heavy atom. The van der Waals surface area contributed by atoms with Crippen LogP contribution in [0.5, 0.6) is 0 Å². The Morgan fingerprint density at radius 3 is 2.65 bits per heavy atom. The Labute approximate surface area is 126 Å². The Kier molecular flexibility index (Phi) is 4.99. The van der Waals surface area contributed by atoms with Crippen LogP contribution in [0.1, 0.15) is 53.4 Å². The van der Waals surface area contributed by atoms with E-state index in [2.05, 4.69) is 22.5 Å². The Bertz CT molecular complexity index is 387. The number of hydrogen-bond acceptors (Lipinski definition) is 3. The first kappa shape index (κ1) is 15.7. The smallest absolute Gasteiger partial charge is 0.244 e. The van der Waals surface area contributed by atoms with E-state index in [4.69, 9.17) is 0 Å². The van der Waals surface area contributed by atoms with Gasteiger partial charge in [-0.1, -0.05) is 18.7 Å². The Morgan fingerprint density at radius 1 is 1.40 bits per heavy atom. The average molecular weight is 297 g/mol. The fourth-order valence-electron chi connectivity index (χ4n) is 2.80. The van der Waals surface area contributed by atoms with Gasteiger partial charge in [-0.15, -0.1) is 0 Å². The topological polar surface area (TPSA) is 53.5 Å². The van der Waals surface area contributed by atoms with E-state index in [0.29, 0.717) is 0 Å². The van der Waals surface area contributed by atoms with Crippen LogP contribution in [0, 0.1) is 5.92 Å². The van der Waals surface area contributed by atoms with E-state index in [0.717, 1.165) is 16.8 Å². The zero-order valence-corrected chi connectivity index (χ0v) is 13.8. The van der Waals surface area contributed by atoms with Crippen molar-refractivity contribution in [3.05, 3.63) is 0 Å². The number of amides is 1. The molecule has 1 atom stereocenters. The van der Waals surface area contributed by atoms with Crippen LogP contribution in [0.3, 0.4) is 0 Å². The van der Waals surface area contributed by atoms with E-state index < -0.39 is 0 Å². The van der Waals surface area contributed by atoms with Gasteiger partial charge in [-0.25, -0.2) is 4.99 Å². The first-order chi connectivity index (χ1) is 9.40. The quantitative estimate of drug-likeness (QED) is 0.841. The highest BCUT2D eigenvalue weighted by molar-refractivity contribution is 8.14. The van der Waals surface area contributed by atoms with Crippen LogP contribution in [-0.2, 0) is 4.79 Å². The summed E-state index contributed by atoms with van der Waals surface area (Å²) in [6.45, 7) is 8.14. The van der Waals surface area contributed by atoms with Crippen LogP contribution >= 0.6 is 11.8 Å². The molecule has 1 aliphatic carbocycles. The summed E-state index contributed by atoms with van der Waals surface area (Å²) < 4.78 is 0. The molecule has 2 rings (SSSR count). The minimum absolute atomic E-state index is 0.00752. The second-order valence-corrected chi connectivity index (χ2v) is 7.61. The van der Waals surface area contributed by atoms with Crippen LogP contribution in [0.2, 0.25) is 0 Å². The normalized spacial score (nSPS) is 33.5. The highest BCUT2D eigenvalue weighted by Gasteiger charge is 2.39. The summed E-state index contributed by atoms with van der Waals surface area (Å²) in [5, 5.41) is 7.46. The van der Waals surface area contributed by atoms with Crippen LogP contribution in [0.15, 0.2) is 4.99 Å². The molecule has 1 amide bonds. The summed E-state index contributed by atoms with van der Waals surface area (Å²) in [6.07, 6.45) is 5.05. The second-order valence-electron chi connectivity index (χ2n) is 6.65. The maximum atomic E-state index is 11.9. The minimum atomic E-state index is -0.315. The number of carbonyl (C=O) groups is 1. The van der Waals surface area contributed by atoms with Crippen molar-refractivity contribution in [1.82, 2.24) is 10.6 Å². The van der Waals surface area contributed by atoms with Crippen molar-refractivity contribution in [2.75, 3.05) is 5.75 Å². The molecular weight excluding hydrogens is 270 g/mol. The fraction of sp³-hybridized carbons (Fsp3) is 0.867. The van der Waals surface area contributed by atoms with Crippen molar-refractivity contribution >= 4 is 22.8 Å². The molecule has 2 fully saturated rings. The van der Waals surface area contributed by atoms with Crippen LogP contribution in [0.4, 0.5) is 0 Å². The molecule has 0 aromatic heterocycles. The highest BCUT2D eigenvalue weighted by atomic mass is 32.2. The summed E-state index contributed by atoms with van der Waals surface area (Å²) >= 11 is 1.77. The van der Waals surface area contributed by atoms with Crippen LogP contribution < -0.4 is 10.6 Å². The van der Waals surface area contributed by atoms with Crippen molar-refractivity contribution in [3.8, 4) is 0 Å². The molecule has 20 heavy (non-hydrogen) atoms. The van der Waals surface area contributed by atoms with Crippen molar-refractivity contribution in [3.63, 3.8) is 0 Å². The molecule has 0 aromatic carbocycles. The SMILES string of the molecule is CC1CCC2(CC1)CSC(=NC(C)C(=O)NC(C)C)N2. The number of nitrogens with one attached hydrogen (secondary N) is 2. The predicted octanol–water partition coefficient (Wildman–Crippen LogP) is 2.54. The van der Waals surface area contributed by atoms with E-state index in [9.17, 15) is 4.79 Å². The molecule has 4 nitrogen and oxygen atoms in total. The lowest BCUT2D eigenvalue weighted by atomic mass is 9.78. The van der Waals surface area contributed by atoms with E-state index in [1.54, 1.807) is 11.8 Å². The summed E-state index contributed by atoms with van der Waals surface area (Å²) in [5.74, 6) is 1.95. The molecule has 0 bridgehead atoms. The van der Waals surface area contributed by atoms with Gasteiger partial charge in [0, 0.05) is 17.3 Å². The molecule has 1 spiro atoms. The van der Waals surface area contributed by atoms with Gasteiger partial charge in [-0.3, -0.25) is 4.79 Å². The van der Waals surface area contributed by atoms with Gasteiger partial charge in [0.1, 0.15) is 6.04 Å². The maximum Gasteiger partial charge on any atom is 0.244 e. The molecule has 2 aliphatic rings. The van der Waals surface area contributed by atoms with Crippen molar-refractivity contribution in [2.24, 2.45) is 10.9 Å². The molecule has 1 heterocycles. The predicted molar refractivity (Wildman–Crippen MR) is 86.1 cm³/mol. The van der Waals surface area contributed by atoms with Crippen molar-refractivity contribution in [2.45, 2.75) is 71.0 Å². The lowest BCUT2D eigenvalue weighted by Crippen LogP contribution is -2.46. The van der Waals surface area contributed by atoms with E-state index in [-0.39, 0.29) is 23.5 Å². The molecule has 114 valence electrons. The first-order valence-electron chi connectivity index (χ1n) is 7.69. The van der Waals surface area contributed by atoms with Crippen molar-refractivity contribution in [1.29, 1.82) is 0 Å². The number of aliphatic imine (C=N–C) groups is 1. The lowest BCUT2D eigenvalue weighted by Gasteiger charge is -2.35. The third-order valence-electron chi connectivity index (χ3n) is 4.21. The fourth-order valence-corrected chi connectivity index (χ4v) is 4.09. The molecular formula is C15H27N3OS. The third-order valence-corrected chi connectivity index (χ3v) is 5.39. The largest absolute Gasteiger partial charge is 0.359 e. The van der Waals surface area contributed by atoms with Gasteiger partial charge in [0.25, 0.3) is 0 Å². The molecule has 1 unspecified atom stereocenters. The number of rotatable bonds is 3. The number of hydrogen-bond donors (Lipinski definition) is 2. The zero-order chi connectivity index (χ0) is 14.8. The van der Waals surface area contributed by atoms with Gasteiger partial charge in [0.2, 0.25) is 5.91 Å². The van der Waals surface area contributed by atoms with Gasteiger partial charge in [0.05, 0.1) is 0 Å². The molecule has 0 aromatic rings. The molecule has 1 saturated heterocycles. The molecule has 0 radical (unpaired) electrons. The monoisotopic (exact) mass is 297 g/mol. The standard InChI is InChI=1S/C15H27N3OS/c1-10(2)16-13(19)12(4)17-14-18-15(9-20-14)7-5-11(3)6-8-15/h10-12H,5-9H2,1-4H3,(H,16,19)(H,17,18). The summed E-state index contributed by atoms with van der Waals surface area (Å²) in [5.41, 5.74) is 0.240. The van der Waals surface area contributed by atoms with Gasteiger partial charge < -0.3 is 10.6 Å². The van der Waals surface area contributed by atoms with Crippen LogP contribution in [0.25, 0.3) is 0 Å². The van der Waals surface area contributed by atoms with Gasteiger partial charge >= 0.3 is 0 Å². The maximum absolute atomic E-state index is 11.9. The van der Waals surface area contributed by atoms with Crippen LogP contribution in [-0.4, -0.2) is 34.5 Å². The molecule has 5 heteroatoms. The average Bonchev–Trinajstić information content (AvgIpc) is 2.76. The highest BCUT2D eigenvalue weighted by Crippen LogP contribution is 2.38. The Hall–Kier alpha value is -0.710. The number of nitrogens with zero attached hydrogens (tertiary/aromatic N) is 1. The molecule has 2 N–H and O–H groups in total. The summed E-state index contributed by atoms with van der Waals surface area (Å²) in [6, 6.07) is -0.148. The summed E-state index contributed by atoms with van der Waals surface area (Å²) in [7, 11) is 0. The van der Waals surface area contributed by atoms with E-state index in [1.807, 2.05) is 20.8 Å². The molecule has 1 saturated carbocycles. The van der Waals surface area contributed by atoms with Gasteiger partial charge in [-0.2, -0.15) is 0 Å². The first-order valence-corrected chi connectivity index (χ1v) is 8.68. The number of carbonyl (C=O) groups excluding carboxylic acids is 1. The van der Waals surface area contributed by atoms with Crippen molar-refractivity contribution < 1.29 is 4.79 Å². The Balaban J connectivity index is 1.91. The third kappa shape index (κ3) is 3.90.